The summed E-state index contributed by atoms with van der Waals surface area (Å²) in [4.78, 5) is 23.8. The standard InChI is InChI=1S/C22H18N2O2S/c1-15(25)19-8-5-9-20(14-19)23-22(27)24-21(26)18-12-10-17(11-13-18)16-6-3-2-4-7-16/h2-14H,1H3,(H2,23,24,26,27). The summed E-state index contributed by atoms with van der Waals surface area (Å²) >= 11 is 5.20. The maximum atomic E-state index is 12.4. The van der Waals surface area contributed by atoms with Crippen molar-refractivity contribution < 1.29 is 9.59 Å². The number of hydrogen-bond donors (Lipinski definition) is 2. The van der Waals surface area contributed by atoms with Crippen molar-refractivity contribution in [2.75, 3.05) is 5.32 Å². The second kappa shape index (κ2) is 8.38. The summed E-state index contributed by atoms with van der Waals surface area (Å²) in [6.07, 6.45) is 0. The fraction of sp³-hybridized carbons (Fsp3) is 0.0455. The van der Waals surface area contributed by atoms with Gasteiger partial charge in [-0.25, -0.2) is 0 Å². The van der Waals surface area contributed by atoms with Crippen molar-refractivity contribution in [2.24, 2.45) is 0 Å². The molecule has 0 aliphatic rings. The van der Waals surface area contributed by atoms with Crippen LogP contribution in [0.25, 0.3) is 11.1 Å². The van der Waals surface area contributed by atoms with Gasteiger partial charge in [0.25, 0.3) is 5.91 Å². The molecule has 0 radical (unpaired) electrons. The van der Waals surface area contributed by atoms with Crippen molar-refractivity contribution in [2.45, 2.75) is 6.92 Å². The zero-order valence-electron chi connectivity index (χ0n) is 14.7. The Hall–Kier alpha value is -3.31. The van der Waals surface area contributed by atoms with E-state index in [0.29, 0.717) is 16.8 Å². The molecule has 3 aromatic rings. The largest absolute Gasteiger partial charge is 0.332 e. The molecule has 0 spiro atoms. The van der Waals surface area contributed by atoms with Gasteiger partial charge in [-0.1, -0.05) is 54.6 Å². The highest BCUT2D eigenvalue weighted by molar-refractivity contribution is 7.80. The first-order chi connectivity index (χ1) is 13.0. The van der Waals surface area contributed by atoms with E-state index in [9.17, 15) is 9.59 Å². The number of ketones is 1. The van der Waals surface area contributed by atoms with Gasteiger partial charge in [-0.3, -0.25) is 14.9 Å². The number of rotatable bonds is 4. The third-order valence-corrected chi connectivity index (χ3v) is 4.21. The second-order valence-corrected chi connectivity index (χ2v) is 6.40. The Morgan fingerprint density at radius 2 is 1.44 bits per heavy atom. The van der Waals surface area contributed by atoms with Crippen LogP contribution in [-0.2, 0) is 0 Å². The van der Waals surface area contributed by atoms with E-state index in [4.69, 9.17) is 12.2 Å². The van der Waals surface area contributed by atoms with Crippen LogP contribution in [0.5, 0.6) is 0 Å². The van der Waals surface area contributed by atoms with Crippen LogP contribution in [-0.4, -0.2) is 16.8 Å². The number of anilines is 1. The van der Waals surface area contributed by atoms with Gasteiger partial charge in [0.1, 0.15) is 0 Å². The Bertz CT molecular complexity index is 983. The number of amides is 1. The van der Waals surface area contributed by atoms with Crippen molar-refractivity contribution in [3.8, 4) is 11.1 Å². The maximum Gasteiger partial charge on any atom is 0.257 e. The number of nitrogens with one attached hydrogen (secondary N) is 2. The summed E-state index contributed by atoms with van der Waals surface area (Å²) < 4.78 is 0. The van der Waals surface area contributed by atoms with E-state index in [1.165, 1.54) is 6.92 Å². The third-order valence-electron chi connectivity index (χ3n) is 4.01. The lowest BCUT2D eigenvalue weighted by Crippen LogP contribution is -2.34. The molecule has 2 N–H and O–H groups in total. The van der Waals surface area contributed by atoms with Crippen molar-refractivity contribution in [3.05, 3.63) is 90.0 Å². The highest BCUT2D eigenvalue weighted by Gasteiger charge is 2.09. The predicted molar refractivity (Wildman–Crippen MR) is 112 cm³/mol. The van der Waals surface area contributed by atoms with Gasteiger partial charge < -0.3 is 5.32 Å². The van der Waals surface area contributed by atoms with Gasteiger partial charge in [-0.05, 0) is 54.5 Å². The van der Waals surface area contributed by atoms with Gasteiger partial charge in [0.2, 0.25) is 0 Å². The van der Waals surface area contributed by atoms with Crippen molar-refractivity contribution in [3.63, 3.8) is 0 Å². The van der Waals surface area contributed by atoms with Crippen LogP contribution >= 0.6 is 12.2 Å². The molecule has 3 rings (SSSR count). The Balaban J connectivity index is 1.64. The summed E-state index contributed by atoms with van der Waals surface area (Å²) in [5.41, 5.74) is 3.86. The number of carbonyl (C=O) groups is 2. The zero-order chi connectivity index (χ0) is 19.2. The quantitative estimate of drug-likeness (QED) is 0.514. The lowest BCUT2D eigenvalue weighted by molar-refractivity contribution is 0.0976. The zero-order valence-corrected chi connectivity index (χ0v) is 15.5. The van der Waals surface area contributed by atoms with Crippen LogP contribution in [0, 0.1) is 0 Å². The topological polar surface area (TPSA) is 58.2 Å². The summed E-state index contributed by atoms with van der Waals surface area (Å²) in [6, 6.07) is 24.2. The molecule has 0 bridgehead atoms. The average Bonchev–Trinajstić information content (AvgIpc) is 2.69. The number of hydrogen-bond acceptors (Lipinski definition) is 3. The van der Waals surface area contributed by atoms with E-state index in [2.05, 4.69) is 10.6 Å². The molecule has 0 aliphatic carbocycles. The Morgan fingerprint density at radius 3 is 2.11 bits per heavy atom. The highest BCUT2D eigenvalue weighted by Crippen LogP contribution is 2.19. The highest BCUT2D eigenvalue weighted by atomic mass is 32.1. The number of benzene rings is 3. The second-order valence-electron chi connectivity index (χ2n) is 5.99. The van der Waals surface area contributed by atoms with Crippen molar-refractivity contribution >= 4 is 34.7 Å². The minimum atomic E-state index is -0.296. The molecule has 5 heteroatoms. The smallest absolute Gasteiger partial charge is 0.257 e. The van der Waals surface area contributed by atoms with Gasteiger partial charge in [-0.15, -0.1) is 0 Å². The minimum absolute atomic E-state index is 0.0351. The molecule has 0 heterocycles. The van der Waals surface area contributed by atoms with Crippen LogP contribution in [0.4, 0.5) is 5.69 Å². The monoisotopic (exact) mass is 374 g/mol. The molecule has 134 valence electrons. The van der Waals surface area contributed by atoms with E-state index >= 15 is 0 Å². The fourth-order valence-electron chi connectivity index (χ4n) is 2.60. The molecular weight excluding hydrogens is 356 g/mol. The molecule has 4 nitrogen and oxygen atoms in total. The fourth-order valence-corrected chi connectivity index (χ4v) is 2.81. The number of thiocarbonyl (C=S) groups is 1. The summed E-state index contributed by atoms with van der Waals surface area (Å²) in [5.74, 6) is -0.332. The lowest BCUT2D eigenvalue weighted by Gasteiger charge is -2.10. The molecule has 0 aromatic heterocycles. The minimum Gasteiger partial charge on any atom is -0.332 e. The van der Waals surface area contributed by atoms with Gasteiger partial charge in [0.05, 0.1) is 0 Å². The molecule has 0 atom stereocenters. The first-order valence-corrected chi connectivity index (χ1v) is 8.82. The lowest BCUT2D eigenvalue weighted by atomic mass is 10.0. The third kappa shape index (κ3) is 4.86. The van der Waals surface area contributed by atoms with Crippen LogP contribution in [0.1, 0.15) is 27.6 Å². The van der Waals surface area contributed by atoms with Crippen molar-refractivity contribution in [1.82, 2.24) is 5.32 Å². The summed E-state index contributed by atoms with van der Waals surface area (Å²) in [6.45, 7) is 1.50. The van der Waals surface area contributed by atoms with Crippen LogP contribution in [0.3, 0.4) is 0 Å². The van der Waals surface area contributed by atoms with E-state index in [0.717, 1.165) is 11.1 Å². The molecule has 0 saturated heterocycles. The molecular formula is C22H18N2O2S. The summed E-state index contributed by atoms with van der Waals surface area (Å²) in [7, 11) is 0. The Morgan fingerprint density at radius 1 is 0.778 bits per heavy atom. The van der Waals surface area contributed by atoms with Gasteiger partial charge in [0.15, 0.2) is 10.9 Å². The Labute approximate surface area is 163 Å². The van der Waals surface area contributed by atoms with E-state index < -0.39 is 0 Å². The molecule has 27 heavy (non-hydrogen) atoms. The molecule has 0 fully saturated rings. The molecule has 3 aromatic carbocycles. The van der Waals surface area contributed by atoms with Gasteiger partial charge in [-0.2, -0.15) is 0 Å². The summed E-state index contributed by atoms with van der Waals surface area (Å²) in [5, 5.41) is 5.75. The van der Waals surface area contributed by atoms with E-state index in [1.807, 2.05) is 42.5 Å². The number of Topliss-reactive ketones (excluding diaryl/α,β-unsaturated/α-hetero) is 1. The molecule has 0 saturated carbocycles. The average molecular weight is 374 g/mol. The maximum absolute atomic E-state index is 12.4. The van der Waals surface area contributed by atoms with Gasteiger partial charge >= 0.3 is 0 Å². The SMILES string of the molecule is CC(=O)c1cccc(NC(=S)NC(=O)c2ccc(-c3ccccc3)cc2)c1. The first-order valence-electron chi connectivity index (χ1n) is 8.42. The van der Waals surface area contributed by atoms with Gasteiger partial charge in [0, 0.05) is 16.8 Å². The van der Waals surface area contributed by atoms with Crippen molar-refractivity contribution in [1.29, 1.82) is 0 Å². The van der Waals surface area contributed by atoms with E-state index in [1.54, 1.807) is 36.4 Å². The normalized spacial score (nSPS) is 10.1. The predicted octanol–water partition coefficient (Wildman–Crippen LogP) is 4.68. The van der Waals surface area contributed by atoms with Crippen LogP contribution in [0.2, 0.25) is 0 Å². The molecule has 1 amide bonds. The Kier molecular flexibility index (Phi) is 5.74. The molecule has 0 aliphatic heterocycles. The first kappa shape index (κ1) is 18.5. The van der Waals surface area contributed by atoms with Crippen LogP contribution < -0.4 is 10.6 Å². The van der Waals surface area contributed by atoms with E-state index in [-0.39, 0.29) is 16.8 Å². The molecule has 0 unspecified atom stereocenters. The van der Waals surface area contributed by atoms with Crippen LogP contribution in [0.15, 0.2) is 78.9 Å². The number of carbonyl (C=O) groups excluding carboxylic acids is 2.